The van der Waals surface area contributed by atoms with Crippen molar-refractivity contribution in [2.45, 2.75) is 52.5 Å². The summed E-state index contributed by atoms with van der Waals surface area (Å²) in [6, 6.07) is 11.4. The Morgan fingerprint density at radius 1 is 1.14 bits per heavy atom. The standard InChI is InChI=1S/C19H32N2/c1-4-19(5-2)13-15-21(16-19)14-12-18(20-6-3)17-10-8-7-9-11-17/h7-11,18,20H,4-6,12-16H2,1-3H3. The fraction of sp³-hybridized carbons (Fsp3) is 0.684. The van der Waals surface area contributed by atoms with Crippen LogP contribution < -0.4 is 5.32 Å². The number of benzene rings is 1. The molecule has 0 aliphatic carbocycles. The first kappa shape index (κ1) is 16.5. The Hall–Kier alpha value is -0.860. The third kappa shape index (κ3) is 4.31. The van der Waals surface area contributed by atoms with Crippen molar-refractivity contribution in [3.05, 3.63) is 35.9 Å². The van der Waals surface area contributed by atoms with Crippen molar-refractivity contribution < 1.29 is 0 Å². The molecule has 1 aliphatic rings. The highest BCUT2D eigenvalue weighted by Crippen LogP contribution is 2.37. The van der Waals surface area contributed by atoms with Gasteiger partial charge in [0.25, 0.3) is 0 Å². The molecule has 118 valence electrons. The molecule has 1 atom stereocenters. The molecule has 1 heterocycles. The fourth-order valence-corrected chi connectivity index (χ4v) is 3.68. The van der Waals surface area contributed by atoms with E-state index in [1.807, 2.05) is 0 Å². The molecule has 0 radical (unpaired) electrons. The molecule has 1 unspecified atom stereocenters. The molecule has 21 heavy (non-hydrogen) atoms. The first-order valence-corrected chi connectivity index (χ1v) is 8.73. The lowest BCUT2D eigenvalue weighted by atomic mass is 9.82. The molecule has 0 spiro atoms. The van der Waals surface area contributed by atoms with Crippen molar-refractivity contribution in [1.29, 1.82) is 0 Å². The van der Waals surface area contributed by atoms with Crippen molar-refractivity contribution in [3.63, 3.8) is 0 Å². The molecule has 1 saturated heterocycles. The van der Waals surface area contributed by atoms with Gasteiger partial charge in [-0.15, -0.1) is 0 Å². The number of hydrogen-bond acceptors (Lipinski definition) is 2. The van der Waals surface area contributed by atoms with Crippen LogP contribution in [0.3, 0.4) is 0 Å². The second-order valence-corrected chi connectivity index (χ2v) is 6.54. The van der Waals surface area contributed by atoms with Gasteiger partial charge in [-0.1, -0.05) is 51.1 Å². The average Bonchev–Trinajstić information content (AvgIpc) is 2.96. The summed E-state index contributed by atoms with van der Waals surface area (Å²) in [6.45, 7) is 11.8. The quantitative estimate of drug-likeness (QED) is 0.769. The Morgan fingerprint density at radius 3 is 2.43 bits per heavy atom. The normalized spacial score (nSPS) is 19.8. The minimum absolute atomic E-state index is 0.495. The second kappa shape index (κ2) is 7.95. The summed E-state index contributed by atoms with van der Waals surface area (Å²) < 4.78 is 0. The summed E-state index contributed by atoms with van der Waals surface area (Å²) in [5, 5.41) is 3.64. The highest BCUT2D eigenvalue weighted by Gasteiger charge is 2.34. The topological polar surface area (TPSA) is 15.3 Å². The Kier molecular flexibility index (Phi) is 6.25. The average molecular weight is 288 g/mol. The van der Waals surface area contributed by atoms with E-state index in [2.05, 4.69) is 61.3 Å². The molecule has 2 heteroatoms. The van der Waals surface area contributed by atoms with Crippen LogP contribution in [0, 0.1) is 5.41 Å². The van der Waals surface area contributed by atoms with Crippen LogP contribution >= 0.6 is 0 Å². The Morgan fingerprint density at radius 2 is 1.86 bits per heavy atom. The van der Waals surface area contributed by atoms with Crippen molar-refractivity contribution in [3.8, 4) is 0 Å². The number of nitrogens with one attached hydrogen (secondary N) is 1. The van der Waals surface area contributed by atoms with Gasteiger partial charge in [-0.05, 0) is 56.3 Å². The third-order valence-corrected chi connectivity index (χ3v) is 5.40. The maximum absolute atomic E-state index is 3.64. The van der Waals surface area contributed by atoms with E-state index in [-0.39, 0.29) is 0 Å². The lowest BCUT2D eigenvalue weighted by Crippen LogP contribution is -2.30. The predicted octanol–water partition coefficient (Wildman–Crippen LogP) is 4.24. The maximum atomic E-state index is 3.64. The van der Waals surface area contributed by atoms with Gasteiger partial charge >= 0.3 is 0 Å². The van der Waals surface area contributed by atoms with E-state index >= 15 is 0 Å². The lowest BCUT2D eigenvalue weighted by Gasteiger charge is -2.27. The Balaban J connectivity index is 1.88. The molecule has 1 aromatic carbocycles. The summed E-state index contributed by atoms with van der Waals surface area (Å²) in [5.41, 5.74) is 2.02. The monoisotopic (exact) mass is 288 g/mol. The van der Waals surface area contributed by atoms with E-state index in [9.17, 15) is 0 Å². The minimum atomic E-state index is 0.495. The molecule has 1 aromatic rings. The van der Waals surface area contributed by atoms with E-state index < -0.39 is 0 Å². The lowest BCUT2D eigenvalue weighted by molar-refractivity contribution is 0.233. The van der Waals surface area contributed by atoms with Crippen LogP contribution in [-0.4, -0.2) is 31.1 Å². The smallest absolute Gasteiger partial charge is 0.0332 e. The van der Waals surface area contributed by atoms with Gasteiger partial charge in [0.05, 0.1) is 0 Å². The highest BCUT2D eigenvalue weighted by molar-refractivity contribution is 5.18. The van der Waals surface area contributed by atoms with Crippen LogP contribution in [0.5, 0.6) is 0 Å². The van der Waals surface area contributed by atoms with Crippen LogP contribution in [-0.2, 0) is 0 Å². The summed E-state index contributed by atoms with van der Waals surface area (Å²) in [5.74, 6) is 0. The number of rotatable bonds is 8. The molecule has 0 saturated carbocycles. The number of nitrogens with zero attached hydrogens (tertiary/aromatic N) is 1. The molecular formula is C19H32N2. The van der Waals surface area contributed by atoms with E-state index in [4.69, 9.17) is 0 Å². The summed E-state index contributed by atoms with van der Waals surface area (Å²) in [6.07, 6.45) is 5.25. The summed E-state index contributed by atoms with van der Waals surface area (Å²) in [7, 11) is 0. The van der Waals surface area contributed by atoms with Crippen LogP contribution in [0.25, 0.3) is 0 Å². The van der Waals surface area contributed by atoms with Crippen LogP contribution in [0.2, 0.25) is 0 Å². The van der Waals surface area contributed by atoms with Crippen molar-refractivity contribution >= 4 is 0 Å². The fourth-order valence-electron chi connectivity index (χ4n) is 3.68. The molecule has 1 N–H and O–H groups in total. The van der Waals surface area contributed by atoms with Gasteiger partial charge in [-0.3, -0.25) is 0 Å². The zero-order chi connectivity index (χ0) is 15.1. The van der Waals surface area contributed by atoms with Gasteiger partial charge in [0, 0.05) is 12.6 Å². The molecule has 1 fully saturated rings. The van der Waals surface area contributed by atoms with Crippen molar-refractivity contribution in [1.82, 2.24) is 10.2 Å². The number of likely N-dealkylation sites (tertiary alicyclic amines) is 1. The van der Waals surface area contributed by atoms with Crippen molar-refractivity contribution in [2.75, 3.05) is 26.2 Å². The van der Waals surface area contributed by atoms with E-state index in [0.717, 1.165) is 6.54 Å². The first-order valence-electron chi connectivity index (χ1n) is 8.73. The zero-order valence-electron chi connectivity index (χ0n) is 14.1. The first-order chi connectivity index (χ1) is 10.2. The zero-order valence-corrected chi connectivity index (χ0v) is 14.1. The Labute approximate surface area is 130 Å². The van der Waals surface area contributed by atoms with Crippen LogP contribution in [0.4, 0.5) is 0 Å². The maximum Gasteiger partial charge on any atom is 0.0332 e. The molecule has 2 rings (SSSR count). The van der Waals surface area contributed by atoms with Gasteiger partial charge < -0.3 is 10.2 Å². The number of hydrogen-bond donors (Lipinski definition) is 1. The SMILES string of the molecule is CCNC(CCN1CCC(CC)(CC)C1)c1ccccc1. The molecule has 0 bridgehead atoms. The van der Waals surface area contributed by atoms with Crippen LogP contribution in [0.15, 0.2) is 30.3 Å². The van der Waals surface area contributed by atoms with Gasteiger partial charge in [0.2, 0.25) is 0 Å². The van der Waals surface area contributed by atoms with Crippen LogP contribution in [0.1, 0.15) is 58.1 Å². The van der Waals surface area contributed by atoms with E-state index in [1.54, 1.807) is 0 Å². The van der Waals surface area contributed by atoms with Gasteiger partial charge in [0.1, 0.15) is 0 Å². The largest absolute Gasteiger partial charge is 0.310 e. The highest BCUT2D eigenvalue weighted by atomic mass is 15.2. The second-order valence-electron chi connectivity index (χ2n) is 6.54. The molecule has 0 aromatic heterocycles. The van der Waals surface area contributed by atoms with Crippen molar-refractivity contribution in [2.24, 2.45) is 5.41 Å². The van der Waals surface area contributed by atoms with Gasteiger partial charge in [-0.25, -0.2) is 0 Å². The van der Waals surface area contributed by atoms with E-state index in [0.29, 0.717) is 11.5 Å². The van der Waals surface area contributed by atoms with Gasteiger partial charge in [0.15, 0.2) is 0 Å². The summed E-state index contributed by atoms with van der Waals surface area (Å²) in [4.78, 5) is 2.68. The third-order valence-electron chi connectivity index (χ3n) is 5.40. The molecule has 2 nitrogen and oxygen atoms in total. The molecule has 1 aliphatic heterocycles. The minimum Gasteiger partial charge on any atom is -0.310 e. The molecule has 0 amide bonds. The molecular weight excluding hydrogens is 256 g/mol. The van der Waals surface area contributed by atoms with E-state index in [1.165, 1.54) is 50.9 Å². The summed E-state index contributed by atoms with van der Waals surface area (Å²) >= 11 is 0. The predicted molar refractivity (Wildman–Crippen MR) is 91.5 cm³/mol. The Bertz CT molecular complexity index is 397. The van der Waals surface area contributed by atoms with Gasteiger partial charge in [-0.2, -0.15) is 0 Å².